The molecule has 0 aromatic heterocycles. The molecule has 2 rings (SSSR count). The summed E-state index contributed by atoms with van der Waals surface area (Å²) in [6, 6.07) is 6.46. The Hall–Kier alpha value is -0.750. The molecular weight excluding hydrogens is 216 g/mol. The lowest BCUT2D eigenvalue weighted by atomic mass is 9.71. The quantitative estimate of drug-likeness (QED) is 0.607. The molecule has 1 heteroatoms. The molecule has 0 heterocycles. The van der Waals surface area contributed by atoms with Crippen molar-refractivity contribution in [2.45, 2.75) is 39.0 Å². The zero-order valence-electron chi connectivity index (χ0n) is 10.3. The fraction of sp³-hybridized carbons (Fsp3) is 0.467. The smallest absolute Gasteiger partial charge is 0.0438 e. The molecule has 0 N–H and O–H groups in total. The topological polar surface area (TPSA) is 0 Å². The summed E-state index contributed by atoms with van der Waals surface area (Å²) >= 11 is 6.21. The second-order valence-corrected chi connectivity index (χ2v) is 5.74. The van der Waals surface area contributed by atoms with Gasteiger partial charge in [-0.3, -0.25) is 0 Å². The van der Waals surface area contributed by atoms with E-state index in [1.54, 1.807) is 0 Å². The van der Waals surface area contributed by atoms with Crippen molar-refractivity contribution < 1.29 is 0 Å². The second-order valence-electron chi connectivity index (χ2n) is 5.33. The van der Waals surface area contributed by atoms with Gasteiger partial charge in [0.1, 0.15) is 0 Å². The van der Waals surface area contributed by atoms with Gasteiger partial charge in [-0.2, -0.15) is 0 Å². The Morgan fingerprint density at radius 1 is 1.38 bits per heavy atom. The molecule has 0 radical (unpaired) electrons. The first-order chi connectivity index (χ1) is 7.51. The summed E-state index contributed by atoms with van der Waals surface area (Å²) in [5.41, 5.74) is 2.66. The third-order valence-electron chi connectivity index (χ3n) is 3.63. The zero-order chi connectivity index (χ0) is 11.8. The highest BCUT2D eigenvalue weighted by Gasteiger charge is 2.28. The van der Waals surface area contributed by atoms with Crippen LogP contribution in [0.3, 0.4) is 0 Å². The van der Waals surface area contributed by atoms with Gasteiger partial charge in [-0.25, -0.2) is 0 Å². The number of aryl methyl sites for hydroxylation is 1. The number of hydrogen-bond acceptors (Lipinski definition) is 0. The molecule has 1 aromatic rings. The van der Waals surface area contributed by atoms with Crippen molar-refractivity contribution in [2.24, 2.45) is 5.92 Å². The highest BCUT2D eigenvalue weighted by Crippen LogP contribution is 2.38. The summed E-state index contributed by atoms with van der Waals surface area (Å²) in [4.78, 5) is 0. The van der Waals surface area contributed by atoms with Gasteiger partial charge in [-0.15, -0.1) is 0 Å². The fourth-order valence-corrected chi connectivity index (χ4v) is 2.78. The average molecular weight is 235 g/mol. The van der Waals surface area contributed by atoms with Crippen LogP contribution < -0.4 is 0 Å². The molecule has 0 bridgehead atoms. The normalized spacial score (nSPS) is 29.4. The largest absolute Gasteiger partial charge is 0.0874 e. The lowest BCUT2D eigenvalue weighted by Gasteiger charge is -2.33. The molecule has 16 heavy (non-hydrogen) atoms. The van der Waals surface area contributed by atoms with Crippen LogP contribution in [0.1, 0.15) is 37.8 Å². The minimum Gasteiger partial charge on any atom is -0.0874 e. The first-order valence-electron chi connectivity index (χ1n) is 5.95. The van der Waals surface area contributed by atoms with Gasteiger partial charge in [0.15, 0.2) is 0 Å². The van der Waals surface area contributed by atoms with E-state index in [4.69, 9.17) is 11.6 Å². The maximum absolute atomic E-state index is 6.21. The molecule has 0 saturated heterocycles. The Balaban J connectivity index is 2.39. The Morgan fingerprint density at radius 3 is 2.75 bits per heavy atom. The third kappa shape index (κ3) is 2.17. The van der Waals surface area contributed by atoms with Gasteiger partial charge in [-0.1, -0.05) is 49.7 Å². The van der Waals surface area contributed by atoms with Crippen molar-refractivity contribution >= 4 is 11.6 Å². The fourth-order valence-electron chi connectivity index (χ4n) is 2.60. The molecule has 1 aliphatic rings. The lowest BCUT2D eigenvalue weighted by molar-refractivity contribution is 0.396. The van der Waals surface area contributed by atoms with Crippen LogP contribution in [-0.2, 0) is 5.41 Å². The van der Waals surface area contributed by atoms with Crippen LogP contribution in [0.15, 0.2) is 30.4 Å². The highest BCUT2D eigenvalue weighted by molar-refractivity contribution is 6.31. The SMILES string of the molecule is Cc1ccc(C2(C)C=CCC(C)C2)cc1Cl. The molecule has 0 fully saturated rings. The summed E-state index contributed by atoms with van der Waals surface area (Å²) < 4.78 is 0. The molecular formula is C15H19Cl. The van der Waals surface area contributed by atoms with Gasteiger partial charge in [0.05, 0.1) is 0 Å². The first kappa shape index (κ1) is 11.7. The number of allylic oxidation sites excluding steroid dienone is 2. The molecule has 0 spiro atoms. The van der Waals surface area contributed by atoms with Crippen molar-refractivity contribution in [3.05, 3.63) is 46.5 Å². The summed E-state index contributed by atoms with van der Waals surface area (Å²) in [5, 5.41) is 0.880. The summed E-state index contributed by atoms with van der Waals surface area (Å²) in [6.45, 7) is 6.67. The van der Waals surface area contributed by atoms with Gasteiger partial charge in [0, 0.05) is 10.4 Å². The van der Waals surface area contributed by atoms with Gasteiger partial charge >= 0.3 is 0 Å². The molecule has 0 saturated carbocycles. The van der Waals surface area contributed by atoms with E-state index in [-0.39, 0.29) is 5.41 Å². The van der Waals surface area contributed by atoms with E-state index in [9.17, 15) is 0 Å². The van der Waals surface area contributed by atoms with Gasteiger partial charge in [0.2, 0.25) is 0 Å². The minimum absolute atomic E-state index is 0.162. The monoisotopic (exact) mass is 234 g/mol. The van der Waals surface area contributed by atoms with E-state index in [1.165, 1.54) is 18.4 Å². The first-order valence-corrected chi connectivity index (χ1v) is 6.33. The van der Waals surface area contributed by atoms with E-state index in [2.05, 4.69) is 44.2 Å². The molecule has 2 atom stereocenters. The van der Waals surface area contributed by atoms with Crippen LogP contribution in [-0.4, -0.2) is 0 Å². The van der Waals surface area contributed by atoms with Gasteiger partial charge < -0.3 is 0 Å². The van der Waals surface area contributed by atoms with E-state index in [0.29, 0.717) is 0 Å². The number of hydrogen-bond donors (Lipinski definition) is 0. The minimum atomic E-state index is 0.162. The van der Waals surface area contributed by atoms with Crippen molar-refractivity contribution in [3.8, 4) is 0 Å². The zero-order valence-corrected chi connectivity index (χ0v) is 11.0. The Bertz CT molecular complexity index is 419. The Labute approximate surface area is 103 Å². The predicted molar refractivity (Wildman–Crippen MR) is 71.1 cm³/mol. The van der Waals surface area contributed by atoms with Crippen molar-refractivity contribution in [2.75, 3.05) is 0 Å². The standard InChI is InChI=1S/C15H19Cl/c1-11-5-4-8-15(3,10-11)13-7-6-12(2)14(16)9-13/h4,6-9,11H,5,10H2,1-3H3. The van der Waals surface area contributed by atoms with Crippen LogP contribution in [0, 0.1) is 12.8 Å². The van der Waals surface area contributed by atoms with E-state index >= 15 is 0 Å². The molecule has 0 aliphatic heterocycles. The molecule has 86 valence electrons. The predicted octanol–water partition coefficient (Wildman–Crippen LogP) is 4.89. The highest BCUT2D eigenvalue weighted by atomic mass is 35.5. The van der Waals surface area contributed by atoms with Crippen molar-refractivity contribution in [1.82, 2.24) is 0 Å². The number of halogens is 1. The van der Waals surface area contributed by atoms with Gasteiger partial charge in [0.25, 0.3) is 0 Å². The molecule has 0 amide bonds. The molecule has 1 aromatic carbocycles. The lowest BCUT2D eigenvalue weighted by Crippen LogP contribution is -2.25. The van der Waals surface area contributed by atoms with Crippen LogP contribution in [0.5, 0.6) is 0 Å². The molecule has 1 aliphatic carbocycles. The van der Waals surface area contributed by atoms with Crippen molar-refractivity contribution in [3.63, 3.8) is 0 Å². The summed E-state index contributed by atoms with van der Waals surface area (Å²) in [6.07, 6.45) is 7.06. The van der Waals surface area contributed by atoms with Crippen LogP contribution in [0.4, 0.5) is 0 Å². The maximum Gasteiger partial charge on any atom is 0.0438 e. The van der Waals surface area contributed by atoms with E-state index < -0.39 is 0 Å². The van der Waals surface area contributed by atoms with Gasteiger partial charge in [-0.05, 0) is 42.9 Å². The molecule has 0 nitrogen and oxygen atoms in total. The van der Waals surface area contributed by atoms with Crippen LogP contribution in [0.25, 0.3) is 0 Å². The maximum atomic E-state index is 6.21. The Kier molecular flexibility index (Phi) is 3.12. The second kappa shape index (κ2) is 4.25. The van der Waals surface area contributed by atoms with E-state index in [1.807, 2.05) is 6.92 Å². The molecule has 2 unspecified atom stereocenters. The summed E-state index contributed by atoms with van der Waals surface area (Å²) in [7, 11) is 0. The van der Waals surface area contributed by atoms with E-state index in [0.717, 1.165) is 16.5 Å². The Morgan fingerprint density at radius 2 is 2.12 bits per heavy atom. The van der Waals surface area contributed by atoms with Crippen molar-refractivity contribution in [1.29, 1.82) is 0 Å². The third-order valence-corrected chi connectivity index (χ3v) is 4.04. The number of benzene rings is 1. The summed E-state index contributed by atoms with van der Waals surface area (Å²) in [5.74, 6) is 0.759. The average Bonchev–Trinajstić information content (AvgIpc) is 2.21. The van der Waals surface area contributed by atoms with Crippen LogP contribution in [0.2, 0.25) is 5.02 Å². The van der Waals surface area contributed by atoms with Crippen LogP contribution >= 0.6 is 11.6 Å². The number of rotatable bonds is 1.